The standard InChI is InChI=1S/C22H23NO6/c1-28-15-4-2-13(3-5-15)17-12-29-22-16(11-23-8-6-14(24)7-9-23)18(25)10-19(26)20(22)21(17)27/h2-5,10,12,14,24-26H,6-9,11H2,1H3. The van der Waals surface area contributed by atoms with E-state index in [1.807, 2.05) is 0 Å². The Balaban J connectivity index is 1.78. The summed E-state index contributed by atoms with van der Waals surface area (Å²) in [4.78, 5) is 15.2. The summed E-state index contributed by atoms with van der Waals surface area (Å²) in [6.07, 6.45) is 2.36. The number of benzene rings is 2. The van der Waals surface area contributed by atoms with Crippen LogP contribution < -0.4 is 10.2 Å². The number of hydrogen-bond donors (Lipinski definition) is 3. The minimum atomic E-state index is -0.371. The van der Waals surface area contributed by atoms with E-state index in [4.69, 9.17) is 9.15 Å². The maximum atomic E-state index is 13.1. The van der Waals surface area contributed by atoms with Crippen LogP contribution in [0.2, 0.25) is 0 Å². The molecule has 1 aliphatic heterocycles. The third-order valence-corrected chi connectivity index (χ3v) is 5.45. The van der Waals surface area contributed by atoms with Gasteiger partial charge in [-0.2, -0.15) is 0 Å². The van der Waals surface area contributed by atoms with Crippen molar-refractivity contribution in [1.82, 2.24) is 4.90 Å². The molecule has 1 aliphatic rings. The molecule has 0 atom stereocenters. The average Bonchev–Trinajstić information content (AvgIpc) is 2.72. The van der Waals surface area contributed by atoms with Crippen LogP contribution in [0.3, 0.4) is 0 Å². The molecular weight excluding hydrogens is 374 g/mol. The van der Waals surface area contributed by atoms with E-state index >= 15 is 0 Å². The van der Waals surface area contributed by atoms with Crippen molar-refractivity contribution in [2.45, 2.75) is 25.5 Å². The van der Waals surface area contributed by atoms with Crippen molar-refractivity contribution in [2.24, 2.45) is 0 Å². The molecule has 0 aliphatic carbocycles. The molecule has 1 aromatic heterocycles. The summed E-state index contributed by atoms with van der Waals surface area (Å²) in [5.41, 5.74) is 1.21. The molecule has 1 saturated heterocycles. The van der Waals surface area contributed by atoms with Crippen molar-refractivity contribution in [3.63, 3.8) is 0 Å². The van der Waals surface area contributed by atoms with Crippen LogP contribution in [0.15, 0.2) is 45.8 Å². The second-order valence-corrected chi connectivity index (χ2v) is 7.31. The molecule has 3 aromatic rings. The minimum Gasteiger partial charge on any atom is -0.507 e. The summed E-state index contributed by atoms with van der Waals surface area (Å²) in [5.74, 6) is 0.224. The van der Waals surface area contributed by atoms with Crippen molar-refractivity contribution >= 4 is 11.0 Å². The van der Waals surface area contributed by atoms with Crippen LogP contribution in [-0.2, 0) is 6.54 Å². The Hall–Kier alpha value is -3.03. The van der Waals surface area contributed by atoms with Crippen LogP contribution in [0.4, 0.5) is 0 Å². The molecule has 2 aromatic carbocycles. The second-order valence-electron chi connectivity index (χ2n) is 7.31. The number of ether oxygens (including phenoxy) is 1. The fourth-order valence-electron chi connectivity index (χ4n) is 3.75. The molecule has 29 heavy (non-hydrogen) atoms. The maximum Gasteiger partial charge on any atom is 0.204 e. The number of fused-ring (bicyclic) bond motifs is 1. The number of piperidine rings is 1. The molecule has 0 amide bonds. The number of likely N-dealkylation sites (tertiary alicyclic amines) is 1. The highest BCUT2D eigenvalue weighted by Gasteiger charge is 2.23. The molecule has 4 rings (SSSR count). The summed E-state index contributed by atoms with van der Waals surface area (Å²) in [6.45, 7) is 1.72. The Morgan fingerprint density at radius 2 is 1.83 bits per heavy atom. The van der Waals surface area contributed by atoms with E-state index in [0.717, 1.165) is 0 Å². The fraction of sp³-hybridized carbons (Fsp3) is 0.318. The van der Waals surface area contributed by atoms with Crippen molar-refractivity contribution in [3.05, 3.63) is 52.4 Å². The third-order valence-electron chi connectivity index (χ3n) is 5.45. The molecule has 2 heterocycles. The van der Waals surface area contributed by atoms with Crippen LogP contribution in [0.25, 0.3) is 22.1 Å². The predicted octanol–water partition coefficient (Wildman–Crippen LogP) is 2.84. The Bertz CT molecular complexity index is 1080. The van der Waals surface area contributed by atoms with Gasteiger partial charge in [0.15, 0.2) is 0 Å². The Morgan fingerprint density at radius 3 is 2.48 bits per heavy atom. The summed E-state index contributed by atoms with van der Waals surface area (Å²) in [7, 11) is 1.56. The Labute approximate surface area is 167 Å². The largest absolute Gasteiger partial charge is 0.507 e. The third kappa shape index (κ3) is 3.66. The smallest absolute Gasteiger partial charge is 0.204 e. The highest BCUT2D eigenvalue weighted by Crippen LogP contribution is 2.35. The molecule has 0 saturated carbocycles. The van der Waals surface area contributed by atoms with Crippen LogP contribution >= 0.6 is 0 Å². The Kier molecular flexibility index (Phi) is 5.17. The van der Waals surface area contributed by atoms with Gasteiger partial charge in [-0.15, -0.1) is 0 Å². The topological polar surface area (TPSA) is 103 Å². The van der Waals surface area contributed by atoms with E-state index in [1.165, 1.54) is 12.3 Å². The van der Waals surface area contributed by atoms with E-state index in [1.54, 1.807) is 31.4 Å². The van der Waals surface area contributed by atoms with Gasteiger partial charge in [0.25, 0.3) is 0 Å². The number of hydrogen-bond acceptors (Lipinski definition) is 7. The van der Waals surface area contributed by atoms with E-state index in [-0.39, 0.29) is 34.0 Å². The summed E-state index contributed by atoms with van der Waals surface area (Å²) >= 11 is 0. The first-order chi connectivity index (χ1) is 14.0. The number of aliphatic hydroxyl groups excluding tert-OH is 1. The summed E-state index contributed by atoms with van der Waals surface area (Å²) in [6, 6.07) is 8.16. The summed E-state index contributed by atoms with van der Waals surface area (Å²) < 4.78 is 10.9. The Morgan fingerprint density at radius 1 is 1.14 bits per heavy atom. The molecule has 0 unspecified atom stereocenters. The van der Waals surface area contributed by atoms with Crippen LogP contribution in [0, 0.1) is 0 Å². The lowest BCUT2D eigenvalue weighted by Crippen LogP contribution is -2.35. The van der Waals surface area contributed by atoms with Crippen LogP contribution in [0.5, 0.6) is 17.2 Å². The zero-order valence-electron chi connectivity index (χ0n) is 16.1. The lowest BCUT2D eigenvalue weighted by molar-refractivity contribution is 0.0790. The lowest BCUT2D eigenvalue weighted by atomic mass is 10.0. The number of methoxy groups -OCH3 is 1. The SMILES string of the molecule is COc1ccc(-c2coc3c(CN4CCC(O)CC4)c(O)cc(O)c3c2=O)cc1. The van der Waals surface area contributed by atoms with Gasteiger partial charge in [0.1, 0.15) is 34.5 Å². The van der Waals surface area contributed by atoms with Crippen molar-refractivity contribution in [3.8, 4) is 28.4 Å². The quantitative estimate of drug-likeness (QED) is 0.622. The van der Waals surface area contributed by atoms with E-state index in [9.17, 15) is 20.1 Å². The molecule has 152 valence electrons. The molecular formula is C22H23NO6. The van der Waals surface area contributed by atoms with Crippen LogP contribution in [0.1, 0.15) is 18.4 Å². The normalized spacial score (nSPS) is 15.7. The summed E-state index contributed by atoms with van der Waals surface area (Å²) in [5, 5.41) is 30.5. The molecule has 1 fully saturated rings. The average molecular weight is 397 g/mol. The van der Waals surface area contributed by atoms with Gasteiger partial charge < -0.3 is 24.5 Å². The zero-order chi connectivity index (χ0) is 20.5. The van der Waals surface area contributed by atoms with Crippen molar-refractivity contribution < 1.29 is 24.5 Å². The number of aliphatic hydroxyl groups is 1. The highest BCUT2D eigenvalue weighted by atomic mass is 16.5. The number of rotatable bonds is 4. The van der Waals surface area contributed by atoms with Gasteiger partial charge in [-0.1, -0.05) is 12.1 Å². The van der Waals surface area contributed by atoms with Gasteiger partial charge in [-0.05, 0) is 30.5 Å². The van der Waals surface area contributed by atoms with Gasteiger partial charge in [0.05, 0.1) is 24.3 Å². The van der Waals surface area contributed by atoms with Crippen LogP contribution in [-0.4, -0.2) is 46.5 Å². The zero-order valence-corrected chi connectivity index (χ0v) is 16.1. The minimum absolute atomic E-state index is 0.0446. The number of phenols is 2. The fourth-order valence-corrected chi connectivity index (χ4v) is 3.75. The first-order valence-corrected chi connectivity index (χ1v) is 9.52. The number of phenolic OH excluding ortho intramolecular Hbond substituents is 2. The molecule has 3 N–H and O–H groups in total. The lowest BCUT2D eigenvalue weighted by Gasteiger charge is -2.29. The molecule has 7 heteroatoms. The number of nitrogens with zero attached hydrogens (tertiary/aromatic N) is 1. The van der Waals surface area contributed by atoms with Crippen molar-refractivity contribution in [1.29, 1.82) is 0 Å². The van der Waals surface area contributed by atoms with E-state index < -0.39 is 0 Å². The maximum absolute atomic E-state index is 13.1. The predicted molar refractivity (Wildman–Crippen MR) is 108 cm³/mol. The number of aromatic hydroxyl groups is 2. The highest BCUT2D eigenvalue weighted by molar-refractivity contribution is 5.90. The van der Waals surface area contributed by atoms with Gasteiger partial charge in [-0.25, -0.2) is 0 Å². The first kappa shape index (κ1) is 19.3. The van der Waals surface area contributed by atoms with Gasteiger partial charge >= 0.3 is 0 Å². The van der Waals surface area contributed by atoms with Gasteiger partial charge in [-0.3, -0.25) is 9.69 Å². The van der Waals surface area contributed by atoms with E-state index in [2.05, 4.69) is 4.90 Å². The first-order valence-electron chi connectivity index (χ1n) is 9.52. The molecule has 0 radical (unpaired) electrons. The van der Waals surface area contributed by atoms with E-state index in [0.29, 0.717) is 54.9 Å². The van der Waals surface area contributed by atoms with Gasteiger partial charge in [0, 0.05) is 25.7 Å². The molecule has 0 spiro atoms. The van der Waals surface area contributed by atoms with Gasteiger partial charge in [0.2, 0.25) is 5.43 Å². The molecule has 7 nitrogen and oxygen atoms in total. The molecule has 0 bridgehead atoms. The van der Waals surface area contributed by atoms with Crippen molar-refractivity contribution in [2.75, 3.05) is 20.2 Å². The second kappa shape index (κ2) is 7.77. The monoisotopic (exact) mass is 397 g/mol.